The number of ketones is 1. The normalized spacial score (nSPS) is 18.5. The number of unbranched alkanes of at least 4 members (excludes halogenated alkanes) is 2. The van der Waals surface area contributed by atoms with Crippen molar-refractivity contribution in [2.45, 2.75) is 63.3 Å². The third-order valence-electron chi connectivity index (χ3n) is 4.70. The second kappa shape index (κ2) is 9.28. The maximum Gasteiger partial charge on any atom is 0.243 e. The van der Waals surface area contributed by atoms with Crippen molar-refractivity contribution in [1.82, 2.24) is 9.62 Å². The summed E-state index contributed by atoms with van der Waals surface area (Å²) in [5.74, 6) is -0.332. The summed E-state index contributed by atoms with van der Waals surface area (Å²) in [6.45, 7) is 4.44. The molecule has 1 aromatic rings. The van der Waals surface area contributed by atoms with Gasteiger partial charge >= 0.3 is 0 Å². The third-order valence-corrected chi connectivity index (χ3v) is 6.63. The number of Topliss-reactive ketones (excluding diaryl/α,β-unsaturated/α-hetero) is 1. The molecule has 0 bridgehead atoms. The minimum atomic E-state index is -3.77. The van der Waals surface area contributed by atoms with Crippen molar-refractivity contribution in [2.24, 2.45) is 0 Å². The second-order valence-electron chi connectivity index (χ2n) is 6.71. The van der Waals surface area contributed by atoms with Gasteiger partial charge in [0.05, 0.1) is 4.90 Å². The molecule has 0 saturated carbocycles. The van der Waals surface area contributed by atoms with E-state index >= 15 is 0 Å². The van der Waals surface area contributed by atoms with E-state index in [2.05, 4.69) is 12.2 Å². The molecule has 2 rings (SSSR count). The number of nitrogens with one attached hydrogen (secondary N) is 1. The summed E-state index contributed by atoms with van der Waals surface area (Å²) in [6.07, 6.45) is 5.11. The van der Waals surface area contributed by atoms with Gasteiger partial charge in [0.2, 0.25) is 15.9 Å². The van der Waals surface area contributed by atoms with Gasteiger partial charge in [0.15, 0.2) is 5.78 Å². The Labute approximate surface area is 156 Å². The van der Waals surface area contributed by atoms with Crippen LogP contribution in [0.5, 0.6) is 0 Å². The van der Waals surface area contributed by atoms with Crippen LogP contribution in [0.25, 0.3) is 0 Å². The molecule has 1 aliphatic heterocycles. The van der Waals surface area contributed by atoms with Gasteiger partial charge in [-0.05, 0) is 38.3 Å². The van der Waals surface area contributed by atoms with Gasteiger partial charge in [-0.2, -0.15) is 4.31 Å². The van der Waals surface area contributed by atoms with E-state index < -0.39 is 16.1 Å². The Hall–Kier alpha value is -1.73. The first-order chi connectivity index (χ1) is 12.4. The van der Waals surface area contributed by atoms with Crippen LogP contribution in [0.1, 0.15) is 62.7 Å². The van der Waals surface area contributed by atoms with E-state index in [0.717, 1.165) is 32.1 Å². The number of amides is 1. The topological polar surface area (TPSA) is 83.6 Å². The number of benzene rings is 1. The average molecular weight is 381 g/mol. The Morgan fingerprint density at radius 2 is 1.85 bits per heavy atom. The third kappa shape index (κ3) is 4.92. The molecular formula is C19H28N2O4S. The molecule has 0 aliphatic carbocycles. The van der Waals surface area contributed by atoms with Crippen LogP contribution >= 0.6 is 0 Å². The summed E-state index contributed by atoms with van der Waals surface area (Å²) < 4.78 is 27.4. The molecule has 1 amide bonds. The smallest absolute Gasteiger partial charge is 0.243 e. The van der Waals surface area contributed by atoms with Crippen molar-refractivity contribution in [2.75, 3.05) is 13.1 Å². The van der Waals surface area contributed by atoms with Crippen LogP contribution in [0, 0.1) is 0 Å². The number of sulfonamides is 1. The highest BCUT2D eigenvalue weighted by atomic mass is 32.2. The molecule has 1 saturated heterocycles. The molecule has 144 valence electrons. The monoisotopic (exact) mass is 380 g/mol. The highest BCUT2D eigenvalue weighted by Crippen LogP contribution is 2.26. The molecule has 1 unspecified atom stereocenters. The van der Waals surface area contributed by atoms with Gasteiger partial charge in [-0.15, -0.1) is 0 Å². The molecular weight excluding hydrogens is 352 g/mol. The summed E-state index contributed by atoms with van der Waals surface area (Å²) in [5.41, 5.74) is 0.466. The number of piperidine rings is 1. The first-order valence-corrected chi connectivity index (χ1v) is 10.7. The fourth-order valence-corrected chi connectivity index (χ4v) is 4.81. The minimum absolute atomic E-state index is 0.115. The van der Waals surface area contributed by atoms with Gasteiger partial charge in [0.1, 0.15) is 6.04 Å². The Balaban J connectivity index is 2.16. The van der Waals surface area contributed by atoms with Crippen LogP contribution in [0.3, 0.4) is 0 Å². The number of nitrogens with zero attached hydrogens (tertiary/aromatic N) is 1. The fourth-order valence-electron chi connectivity index (χ4n) is 3.16. The van der Waals surface area contributed by atoms with E-state index in [1.807, 2.05) is 0 Å². The van der Waals surface area contributed by atoms with Crippen LogP contribution < -0.4 is 5.32 Å². The van der Waals surface area contributed by atoms with Crippen LogP contribution in [-0.2, 0) is 14.8 Å². The summed E-state index contributed by atoms with van der Waals surface area (Å²) in [4.78, 5) is 24.0. The zero-order valence-electron chi connectivity index (χ0n) is 15.5. The number of hydrogen-bond donors (Lipinski definition) is 1. The summed E-state index contributed by atoms with van der Waals surface area (Å²) in [5, 5.41) is 2.88. The van der Waals surface area contributed by atoms with Gasteiger partial charge in [-0.25, -0.2) is 8.42 Å². The van der Waals surface area contributed by atoms with E-state index in [1.54, 1.807) is 0 Å². The van der Waals surface area contributed by atoms with Gasteiger partial charge in [0, 0.05) is 18.7 Å². The molecule has 1 aromatic carbocycles. The quantitative estimate of drug-likeness (QED) is 0.555. The Bertz CT molecular complexity index is 728. The molecule has 0 radical (unpaired) electrons. The van der Waals surface area contributed by atoms with Gasteiger partial charge in [-0.1, -0.05) is 38.3 Å². The lowest BCUT2D eigenvalue weighted by atomic mass is 10.0. The summed E-state index contributed by atoms with van der Waals surface area (Å²) in [6, 6.07) is 5.24. The second-order valence-corrected chi connectivity index (χ2v) is 8.60. The van der Waals surface area contributed by atoms with Crippen molar-refractivity contribution in [1.29, 1.82) is 0 Å². The first kappa shape index (κ1) is 20.6. The number of carbonyl (C=O) groups excluding carboxylic acids is 2. The average Bonchev–Trinajstić information content (AvgIpc) is 2.65. The number of carbonyl (C=O) groups is 2. The molecule has 0 spiro atoms. The Morgan fingerprint density at radius 1 is 1.15 bits per heavy atom. The SMILES string of the molecule is CCCCCNC(=O)C1CCCCN1S(=O)(=O)c1ccc(C(C)=O)cc1. The standard InChI is InChI=1S/C19H28N2O4S/c1-3-4-6-13-20-19(23)18-8-5-7-14-21(18)26(24,25)17-11-9-16(10-12-17)15(2)22/h9-12,18H,3-8,13-14H2,1-2H3,(H,20,23). The molecule has 0 aromatic heterocycles. The lowest BCUT2D eigenvalue weighted by Gasteiger charge is -2.33. The molecule has 26 heavy (non-hydrogen) atoms. The maximum absolute atomic E-state index is 13.0. The molecule has 1 heterocycles. The van der Waals surface area contributed by atoms with Crippen LogP contribution in [-0.4, -0.2) is 43.5 Å². The van der Waals surface area contributed by atoms with Crippen molar-refractivity contribution in [3.63, 3.8) is 0 Å². The van der Waals surface area contributed by atoms with E-state index in [9.17, 15) is 18.0 Å². The molecule has 1 aliphatic rings. The summed E-state index contributed by atoms with van der Waals surface area (Å²) >= 11 is 0. The molecule has 1 atom stereocenters. The summed E-state index contributed by atoms with van der Waals surface area (Å²) in [7, 11) is -3.77. The van der Waals surface area contributed by atoms with Gasteiger partial charge < -0.3 is 5.32 Å². The van der Waals surface area contributed by atoms with E-state index in [1.165, 1.54) is 35.5 Å². The van der Waals surface area contributed by atoms with Crippen LogP contribution in [0.2, 0.25) is 0 Å². The van der Waals surface area contributed by atoms with Crippen molar-refractivity contribution in [3.8, 4) is 0 Å². The van der Waals surface area contributed by atoms with Crippen molar-refractivity contribution < 1.29 is 18.0 Å². The van der Waals surface area contributed by atoms with E-state index in [-0.39, 0.29) is 16.6 Å². The van der Waals surface area contributed by atoms with Gasteiger partial charge in [-0.3, -0.25) is 9.59 Å². The number of hydrogen-bond acceptors (Lipinski definition) is 4. The van der Waals surface area contributed by atoms with Crippen molar-refractivity contribution >= 4 is 21.7 Å². The van der Waals surface area contributed by atoms with Crippen LogP contribution in [0.15, 0.2) is 29.2 Å². The molecule has 6 nitrogen and oxygen atoms in total. The zero-order valence-corrected chi connectivity index (χ0v) is 16.3. The zero-order chi connectivity index (χ0) is 19.2. The van der Waals surface area contributed by atoms with Crippen LogP contribution in [0.4, 0.5) is 0 Å². The highest BCUT2D eigenvalue weighted by Gasteiger charge is 2.37. The molecule has 1 fully saturated rings. The largest absolute Gasteiger partial charge is 0.355 e. The molecule has 7 heteroatoms. The van der Waals surface area contributed by atoms with Gasteiger partial charge in [0.25, 0.3) is 0 Å². The first-order valence-electron chi connectivity index (χ1n) is 9.28. The predicted molar refractivity (Wildman–Crippen MR) is 101 cm³/mol. The lowest BCUT2D eigenvalue weighted by Crippen LogP contribution is -2.51. The number of rotatable bonds is 8. The van der Waals surface area contributed by atoms with E-state index in [0.29, 0.717) is 25.1 Å². The lowest BCUT2D eigenvalue weighted by molar-refractivity contribution is -0.125. The fraction of sp³-hybridized carbons (Fsp3) is 0.579. The van der Waals surface area contributed by atoms with E-state index in [4.69, 9.17) is 0 Å². The Kier molecular flexibility index (Phi) is 7.34. The highest BCUT2D eigenvalue weighted by molar-refractivity contribution is 7.89. The Morgan fingerprint density at radius 3 is 2.46 bits per heavy atom. The predicted octanol–water partition coefficient (Wildman–Crippen LogP) is 2.74. The van der Waals surface area contributed by atoms with Crippen molar-refractivity contribution in [3.05, 3.63) is 29.8 Å². The maximum atomic E-state index is 13.0. The molecule has 1 N–H and O–H groups in total. The minimum Gasteiger partial charge on any atom is -0.355 e.